The number of ketones is 1. The molecule has 0 atom stereocenters. The summed E-state index contributed by atoms with van der Waals surface area (Å²) in [6, 6.07) is 15.2. The van der Waals surface area contributed by atoms with E-state index in [-0.39, 0.29) is 35.2 Å². The van der Waals surface area contributed by atoms with Gasteiger partial charge in [-0.3, -0.25) is 9.69 Å². The van der Waals surface area contributed by atoms with E-state index < -0.39 is 15.6 Å². The van der Waals surface area contributed by atoms with Crippen molar-refractivity contribution in [3.8, 4) is 11.5 Å². The summed E-state index contributed by atoms with van der Waals surface area (Å²) in [5.41, 5.74) is 2.25. The summed E-state index contributed by atoms with van der Waals surface area (Å²) in [5.74, 6) is 0.952. The van der Waals surface area contributed by atoms with Crippen molar-refractivity contribution >= 4 is 38.3 Å². The highest BCUT2D eigenvalue weighted by Crippen LogP contribution is 2.30. The number of aromatic nitrogens is 3. The Hall–Kier alpha value is -4.13. The first-order chi connectivity index (χ1) is 20.1. The van der Waals surface area contributed by atoms with Gasteiger partial charge >= 0.3 is 0 Å². The fraction of sp³-hybridized carbons (Fsp3) is 0.333. The number of anilines is 2. The second-order valence-corrected chi connectivity index (χ2v) is 12.2. The molecule has 0 spiro atoms. The van der Waals surface area contributed by atoms with Crippen LogP contribution in [-0.2, 0) is 26.8 Å². The van der Waals surface area contributed by atoms with E-state index in [4.69, 9.17) is 9.47 Å². The molecule has 0 saturated heterocycles. The van der Waals surface area contributed by atoms with Crippen LogP contribution in [0.1, 0.15) is 11.3 Å². The second-order valence-electron chi connectivity index (χ2n) is 10.3. The van der Waals surface area contributed by atoms with E-state index in [1.165, 1.54) is 6.07 Å². The van der Waals surface area contributed by atoms with Crippen molar-refractivity contribution in [1.29, 1.82) is 0 Å². The predicted octanol–water partition coefficient (Wildman–Crippen LogP) is 3.36. The summed E-state index contributed by atoms with van der Waals surface area (Å²) in [6.45, 7) is 1.88. The van der Waals surface area contributed by atoms with Crippen molar-refractivity contribution in [2.45, 2.75) is 17.1 Å². The fourth-order valence-electron chi connectivity index (χ4n) is 4.29. The van der Waals surface area contributed by atoms with Gasteiger partial charge in [-0.1, -0.05) is 12.1 Å². The zero-order valence-corrected chi connectivity index (χ0v) is 25.3. The molecule has 0 fully saturated rings. The lowest BCUT2D eigenvalue weighted by atomic mass is 10.1. The van der Waals surface area contributed by atoms with Crippen molar-refractivity contribution < 1.29 is 22.7 Å². The number of pyridine rings is 1. The number of likely N-dealkylation sites (N-methyl/N-ethyl adjacent to an activating group) is 2. The topological polar surface area (TPSA) is 127 Å². The SMILES string of the molecule is COc1cc(Nc2nc3cccnc3nc2CS(=O)(=O)c2cccc(CC(=O)CN(C)CCN(C)C)c2)cc(OC)c1. The molecule has 4 aromatic rings. The fourth-order valence-corrected chi connectivity index (χ4v) is 5.64. The molecule has 0 unspecified atom stereocenters. The maximum Gasteiger partial charge on any atom is 0.184 e. The summed E-state index contributed by atoms with van der Waals surface area (Å²) in [4.78, 5) is 30.3. The zero-order chi connectivity index (χ0) is 30.3. The molecule has 1 N–H and O–H groups in total. The summed E-state index contributed by atoms with van der Waals surface area (Å²) in [7, 11) is 5.08. The van der Waals surface area contributed by atoms with Crippen LogP contribution in [0.5, 0.6) is 11.5 Å². The van der Waals surface area contributed by atoms with Crippen LogP contribution in [0.15, 0.2) is 65.7 Å². The minimum atomic E-state index is -3.87. The van der Waals surface area contributed by atoms with Crippen LogP contribution < -0.4 is 14.8 Å². The minimum absolute atomic E-state index is 0.0116. The number of carbonyl (C=O) groups is 1. The first-order valence-electron chi connectivity index (χ1n) is 13.3. The smallest absolute Gasteiger partial charge is 0.184 e. The Morgan fingerprint density at radius 1 is 0.929 bits per heavy atom. The molecule has 42 heavy (non-hydrogen) atoms. The van der Waals surface area contributed by atoms with E-state index >= 15 is 0 Å². The lowest BCUT2D eigenvalue weighted by molar-refractivity contribution is -0.119. The first-order valence-corrected chi connectivity index (χ1v) is 15.0. The average molecular weight is 593 g/mol. The monoisotopic (exact) mass is 592 g/mol. The van der Waals surface area contributed by atoms with Gasteiger partial charge in [0.1, 0.15) is 28.5 Å². The predicted molar refractivity (Wildman–Crippen MR) is 162 cm³/mol. The van der Waals surface area contributed by atoms with Gasteiger partial charge in [0.05, 0.1) is 25.7 Å². The number of benzene rings is 2. The molecule has 4 rings (SSSR count). The number of fused-ring (bicyclic) bond motifs is 1. The van der Waals surface area contributed by atoms with Gasteiger partial charge in [0, 0.05) is 49.6 Å². The van der Waals surface area contributed by atoms with Crippen LogP contribution in [0.3, 0.4) is 0 Å². The van der Waals surface area contributed by atoms with Crippen molar-refractivity contribution in [1.82, 2.24) is 24.8 Å². The Bertz CT molecular complexity index is 1640. The van der Waals surface area contributed by atoms with Gasteiger partial charge in [0.2, 0.25) is 0 Å². The summed E-state index contributed by atoms with van der Waals surface area (Å²) >= 11 is 0. The van der Waals surface area contributed by atoms with E-state index in [1.807, 2.05) is 26.0 Å². The first kappa shape index (κ1) is 30.8. The van der Waals surface area contributed by atoms with Gasteiger partial charge in [0.25, 0.3) is 0 Å². The van der Waals surface area contributed by atoms with Crippen molar-refractivity contribution in [2.24, 2.45) is 0 Å². The molecule has 2 heterocycles. The van der Waals surface area contributed by atoms with Crippen LogP contribution in [0.25, 0.3) is 11.2 Å². The Balaban J connectivity index is 1.59. The minimum Gasteiger partial charge on any atom is -0.497 e. The summed E-state index contributed by atoms with van der Waals surface area (Å²) in [6.07, 6.45) is 1.72. The van der Waals surface area contributed by atoms with Gasteiger partial charge in [-0.15, -0.1) is 0 Å². The Morgan fingerprint density at radius 3 is 2.36 bits per heavy atom. The normalized spacial score (nSPS) is 11.7. The number of methoxy groups -OCH3 is 2. The van der Waals surface area contributed by atoms with Crippen molar-refractivity contribution in [3.05, 3.63) is 72.1 Å². The largest absolute Gasteiger partial charge is 0.497 e. The summed E-state index contributed by atoms with van der Waals surface area (Å²) in [5, 5.41) is 3.18. The molecule has 0 aliphatic rings. The molecule has 11 nitrogen and oxygen atoms in total. The highest BCUT2D eigenvalue weighted by molar-refractivity contribution is 7.90. The van der Waals surface area contributed by atoms with Gasteiger partial charge in [0.15, 0.2) is 27.1 Å². The molecule has 222 valence electrons. The summed E-state index contributed by atoms with van der Waals surface area (Å²) < 4.78 is 38.0. The maximum absolute atomic E-state index is 13.7. The van der Waals surface area contributed by atoms with Gasteiger partial charge in [-0.05, 0) is 51.0 Å². The van der Waals surface area contributed by atoms with Crippen LogP contribution in [-0.4, -0.2) is 93.9 Å². The van der Waals surface area contributed by atoms with Crippen LogP contribution in [0.2, 0.25) is 0 Å². The zero-order valence-electron chi connectivity index (χ0n) is 24.5. The van der Waals surface area contributed by atoms with E-state index in [1.54, 1.807) is 68.9 Å². The molecule has 0 amide bonds. The number of carbonyl (C=O) groups excluding carboxylic acids is 1. The molecule has 0 saturated carbocycles. The molecule has 0 aliphatic heterocycles. The van der Waals surface area contributed by atoms with Crippen molar-refractivity contribution in [3.63, 3.8) is 0 Å². The van der Waals surface area contributed by atoms with Gasteiger partial charge in [-0.2, -0.15) is 0 Å². The molecular formula is C30H36N6O5S. The van der Waals surface area contributed by atoms with E-state index in [2.05, 4.69) is 25.2 Å². The van der Waals surface area contributed by atoms with Gasteiger partial charge in [-0.25, -0.2) is 23.4 Å². The van der Waals surface area contributed by atoms with Crippen molar-refractivity contribution in [2.75, 3.05) is 60.3 Å². The van der Waals surface area contributed by atoms with E-state index in [9.17, 15) is 13.2 Å². The molecule has 0 bridgehead atoms. The highest BCUT2D eigenvalue weighted by Gasteiger charge is 2.22. The van der Waals surface area contributed by atoms with E-state index in [0.29, 0.717) is 33.9 Å². The Kier molecular flexibility index (Phi) is 10.0. The molecular weight excluding hydrogens is 556 g/mol. The molecule has 0 aliphatic carbocycles. The number of nitrogens with one attached hydrogen (secondary N) is 1. The number of hydrogen-bond donors (Lipinski definition) is 1. The third kappa shape index (κ3) is 8.21. The quantitative estimate of drug-likeness (QED) is 0.232. The third-order valence-electron chi connectivity index (χ3n) is 6.49. The van der Waals surface area contributed by atoms with Crippen LogP contribution >= 0.6 is 0 Å². The molecule has 2 aromatic carbocycles. The number of ether oxygens (including phenoxy) is 2. The Labute approximate surface area is 246 Å². The second kappa shape index (κ2) is 13.7. The van der Waals surface area contributed by atoms with Crippen LogP contribution in [0, 0.1) is 0 Å². The van der Waals surface area contributed by atoms with Gasteiger partial charge < -0.3 is 19.7 Å². The standard InChI is InChI=1S/C30H36N6O5S/c1-35(2)12-13-36(3)19-23(37)14-21-8-6-9-26(15-21)42(38,39)20-28-30(33-27-10-7-11-31-29(27)34-28)32-22-16-24(40-4)18-25(17-22)41-5/h6-11,15-18H,12-14,19-20H2,1-5H3,(H,32,33). The van der Waals surface area contributed by atoms with Crippen LogP contribution in [0.4, 0.5) is 11.5 Å². The molecule has 2 aromatic heterocycles. The molecule has 0 radical (unpaired) electrons. The number of nitrogens with zero attached hydrogens (tertiary/aromatic N) is 5. The number of rotatable bonds is 14. The van der Waals surface area contributed by atoms with E-state index in [0.717, 1.165) is 13.1 Å². The number of hydrogen-bond acceptors (Lipinski definition) is 11. The maximum atomic E-state index is 13.7. The Morgan fingerprint density at radius 2 is 1.67 bits per heavy atom. The average Bonchev–Trinajstić information content (AvgIpc) is 2.96. The number of Topliss-reactive ketones (excluding diaryl/α,β-unsaturated/α-hetero) is 1. The third-order valence-corrected chi connectivity index (χ3v) is 8.11. The highest BCUT2D eigenvalue weighted by atomic mass is 32.2. The lowest BCUT2D eigenvalue weighted by Gasteiger charge is -2.18. The number of sulfone groups is 1. The lowest BCUT2D eigenvalue weighted by Crippen LogP contribution is -2.33. The molecule has 12 heteroatoms.